The Bertz CT molecular complexity index is 847. The van der Waals surface area contributed by atoms with Crippen LogP contribution in [0.2, 0.25) is 0 Å². The summed E-state index contributed by atoms with van der Waals surface area (Å²) in [5.74, 6) is 0.0719. The van der Waals surface area contributed by atoms with Gasteiger partial charge in [-0.25, -0.2) is 17.9 Å². The monoisotopic (exact) mass is 408 g/mol. The smallest absolute Gasteiger partial charge is 0.322 e. The molecule has 1 aromatic carbocycles. The number of sulfonamides is 1. The molecule has 0 atom stereocenters. The van der Waals surface area contributed by atoms with Crippen LogP contribution >= 0.6 is 0 Å². The lowest BCUT2D eigenvalue weighted by atomic mass is 10.0. The van der Waals surface area contributed by atoms with Crippen LogP contribution in [-0.4, -0.2) is 63.2 Å². The van der Waals surface area contributed by atoms with Crippen molar-refractivity contribution in [2.75, 3.05) is 36.8 Å². The van der Waals surface area contributed by atoms with Crippen LogP contribution in [0.25, 0.3) is 0 Å². The molecule has 28 heavy (non-hydrogen) atoms. The summed E-state index contributed by atoms with van der Waals surface area (Å²) >= 11 is 0. The number of likely N-dealkylation sites (tertiary alicyclic amines) is 1. The maximum absolute atomic E-state index is 12.8. The van der Waals surface area contributed by atoms with E-state index < -0.39 is 10.0 Å². The van der Waals surface area contributed by atoms with Gasteiger partial charge in [-0.2, -0.15) is 0 Å². The van der Waals surface area contributed by atoms with E-state index in [1.165, 1.54) is 0 Å². The number of carbonyl (C=O) groups is 2. The number of rotatable bonds is 6. The Kier molecular flexibility index (Phi) is 6.24. The lowest BCUT2D eigenvalue weighted by Crippen LogP contribution is -2.47. The summed E-state index contributed by atoms with van der Waals surface area (Å²) in [6, 6.07) is 5.17. The zero-order valence-corrected chi connectivity index (χ0v) is 17.2. The number of benzene rings is 1. The molecule has 0 saturated carbocycles. The Morgan fingerprint density at radius 2 is 1.96 bits per heavy atom. The van der Waals surface area contributed by atoms with E-state index in [2.05, 4.69) is 10.0 Å². The first-order valence-electron chi connectivity index (χ1n) is 9.76. The highest BCUT2D eigenvalue weighted by Crippen LogP contribution is 2.24. The molecule has 2 aliphatic rings. The normalized spacial score (nSPS) is 18.4. The molecule has 8 nitrogen and oxygen atoms in total. The first-order chi connectivity index (χ1) is 13.3. The predicted molar refractivity (Wildman–Crippen MR) is 108 cm³/mol. The zero-order valence-electron chi connectivity index (χ0n) is 16.4. The number of piperidine rings is 1. The van der Waals surface area contributed by atoms with Crippen molar-refractivity contribution >= 4 is 27.6 Å². The van der Waals surface area contributed by atoms with Crippen LogP contribution in [0.15, 0.2) is 18.2 Å². The van der Waals surface area contributed by atoms with Crippen molar-refractivity contribution in [3.05, 3.63) is 29.3 Å². The average molecular weight is 409 g/mol. The molecule has 0 unspecified atom stereocenters. The van der Waals surface area contributed by atoms with Gasteiger partial charge >= 0.3 is 6.03 Å². The predicted octanol–water partition coefficient (Wildman–Crippen LogP) is 1.46. The topological polar surface area (TPSA) is 98.8 Å². The zero-order chi connectivity index (χ0) is 20.3. The number of nitrogens with zero attached hydrogens (tertiary/aromatic N) is 2. The van der Waals surface area contributed by atoms with Gasteiger partial charge in [-0.1, -0.05) is 6.92 Å². The second-order valence-corrected chi connectivity index (χ2v) is 9.26. The van der Waals surface area contributed by atoms with Crippen LogP contribution in [0.5, 0.6) is 0 Å². The van der Waals surface area contributed by atoms with Gasteiger partial charge in [0.1, 0.15) is 0 Å². The van der Waals surface area contributed by atoms with Crippen molar-refractivity contribution < 1.29 is 18.0 Å². The number of hydrogen-bond acceptors (Lipinski definition) is 4. The van der Waals surface area contributed by atoms with Gasteiger partial charge in [0.2, 0.25) is 10.0 Å². The number of aryl methyl sites for hydroxylation is 1. The Labute approximate surface area is 166 Å². The van der Waals surface area contributed by atoms with Gasteiger partial charge in [0.05, 0.1) is 5.75 Å². The summed E-state index contributed by atoms with van der Waals surface area (Å²) in [6.07, 6.45) is 1.81. The van der Waals surface area contributed by atoms with Crippen LogP contribution in [0, 0.1) is 6.92 Å². The molecule has 2 heterocycles. The summed E-state index contributed by atoms with van der Waals surface area (Å²) in [5, 5.41) is 2.78. The molecule has 9 heteroatoms. The van der Waals surface area contributed by atoms with Crippen molar-refractivity contribution in [2.24, 2.45) is 0 Å². The van der Waals surface area contributed by atoms with Gasteiger partial charge in [-0.3, -0.25) is 9.69 Å². The maximum atomic E-state index is 12.8. The maximum Gasteiger partial charge on any atom is 0.322 e. The van der Waals surface area contributed by atoms with Gasteiger partial charge < -0.3 is 10.2 Å². The molecule has 3 rings (SSSR count). The Hall–Kier alpha value is -2.13. The van der Waals surface area contributed by atoms with Crippen molar-refractivity contribution in [2.45, 2.75) is 39.2 Å². The van der Waals surface area contributed by atoms with E-state index in [9.17, 15) is 18.0 Å². The van der Waals surface area contributed by atoms with Gasteiger partial charge in [-0.05, 0) is 49.9 Å². The summed E-state index contributed by atoms with van der Waals surface area (Å²) in [5.41, 5.74) is 2.28. The fraction of sp³-hybridized carbons (Fsp3) is 0.579. The Balaban J connectivity index is 1.61. The molecule has 3 amide bonds. The molecule has 154 valence electrons. The van der Waals surface area contributed by atoms with Crippen molar-refractivity contribution in [1.29, 1.82) is 0 Å². The molecule has 0 aliphatic carbocycles. The summed E-state index contributed by atoms with van der Waals surface area (Å²) in [4.78, 5) is 28.1. The minimum atomic E-state index is -3.23. The molecule has 1 aromatic rings. The number of anilines is 1. The highest BCUT2D eigenvalue weighted by atomic mass is 32.2. The molecule has 0 radical (unpaired) electrons. The molecule has 0 spiro atoms. The van der Waals surface area contributed by atoms with Crippen molar-refractivity contribution in [1.82, 2.24) is 14.9 Å². The van der Waals surface area contributed by atoms with Crippen molar-refractivity contribution in [3.63, 3.8) is 0 Å². The molecule has 2 aliphatic heterocycles. The van der Waals surface area contributed by atoms with E-state index in [0.717, 1.165) is 11.3 Å². The Morgan fingerprint density at radius 3 is 2.54 bits per heavy atom. The first-order valence-corrected chi connectivity index (χ1v) is 11.4. The number of hydrogen-bond donors (Lipinski definition) is 2. The van der Waals surface area contributed by atoms with E-state index in [1.54, 1.807) is 15.9 Å². The van der Waals surface area contributed by atoms with Crippen molar-refractivity contribution in [3.8, 4) is 0 Å². The minimum Gasteiger partial charge on any atom is -0.339 e. The summed E-state index contributed by atoms with van der Waals surface area (Å²) < 4.78 is 26.6. The second-order valence-electron chi connectivity index (χ2n) is 7.39. The largest absolute Gasteiger partial charge is 0.339 e. The minimum absolute atomic E-state index is 0.0598. The number of amides is 3. The number of carbonyl (C=O) groups excluding carboxylic acids is 2. The molecule has 2 N–H and O–H groups in total. The lowest BCUT2D eigenvalue weighted by Gasteiger charge is -2.32. The second kappa shape index (κ2) is 8.48. The first kappa shape index (κ1) is 20.6. The molecule has 2 saturated heterocycles. The molecule has 0 bridgehead atoms. The summed E-state index contributed by atoms with van der Waals surface area (Å²) in [6.45, 7) is 6.02. The molecular formula is C19H28N4O4S. The van der Waals surface area contributed by atoms with E-state index in [0.29, 0.717) is 51.0 Å². The third-order valence-electron chi connectivity index (χ3n) is 5.19. The van der Waals surface area contributed by atoms with Crippen LogP contribution in [-0.2, 0) is 10.0 Å². The third kappa shape index (κ3) is 4.64. The molecular weight excluding hydrogens is 380 g/mol. The van der Waals surface area contributed by atoms with E-state index in [-0.39, 0.29) is 23.7 Å². The Morgan fingerprint density at radius 1 is 1.25 bits per heavy atom. The van der Waals surface area contributed by atoms with E-state index in [1.807, 2.05) is 26.0 Å². The number of urea groups is 1. The molecule has 2 fully saturated rings. The number of nitrogens with one attached hydrogen (secondary N) is 2. The fourth-order valence-corrected chi connectivity index (χ4v) is 5.16. The van der Waals surface area contributed by atoms with Gasteiger partial charge in [0, 0.05) is 43.5 Å². The van der Waals surface area contributed by atoms with Crippen LogP contribution in [0.3, 0.4) is 0 Å². The van der Waals surface area contributed by atoms with Crippen LogP contribution < -0.4 is 14.9 Å². The summed E-state index contributed by atoms with van der Waals surface area (Å²) in [7, 11) is -3.23. The fourth-order valence-electron chi connectivity index (χ4n) is 3.76. The standard InChI is InChI=1S/C19H28N4O4S/c1-3-12-28(26,27)21-16-6-9-22(10-7-16)18(24)15-4-5-17(14(2)13-15)23-11-8-20-19(23)25/h4-5,13,16,21H,3,6-12H2,1-2H3,(H,20,25). The average Bonchev–Trinajstić information content (AvgIpc) is 3.07. The van der Waals surface area contributed by atoms with E-state index >= 15 is 0 Å². The van der Waals surface area contributed by atoms with E-state index in [4.69, 9.17) is 0 Å². The van der Waals surface area contributed by atoms with Crippen LogP contribution in [0.4, 0.5) is 10.5 Å². The molecule has 0 aromatic heterocycles. The third-order valence-corrected chi connectivity index (χ3v) is 6.83. The van der Waals surface area contributed by atoms with Gasteiger partial charge in [-0.15, -0.1) is 0 Å². The van der Waals surface area contributed by atoms with Gasteiger partial charge in [0.15, 0.2) is 0 Å². The SMILES string of the molecule is CCCS(=O)(=O)NC1CCN(C(=O)c2ccc(N3CCNC3=O)c(C)c2)CC1. The van der Waals surface area contributed by atoms with Gasteiger partial charge in [0.25, 0.3) is 5.91 Å². The lowest BCUT2D eigenvalue weighted by molar-refractivity contribution is 0.0711. The highest BCUT2D eigenvalue weighted by molar-refractivity contribution is 7.89. The van der Waals surface area contributed by atoms with Crippen LogP contribution in [0.1, 0.15) is 42.1 Å². The highest BCUT2D eigenvalue weighted by Gasteiger charge is 2.27. The quantitative estimate of drug-likeness (QED) is 0.744.